The maximum Gasteiger partial charge on any atom is 0.170 e. The Morgan fingerprint density at radius 1 is 1.62 bits per heavy atom. The van der Waals surface area contributed by atoms with Crippen molar-refractivity contribution in [1.82, 2.24) is 5.32 Å². The van der Waals surface area contributed by atoms with Crippen LogP contribution in [0.15, 0.2) is 18.2 Å². The van der Waals surface area contributed by atoms with Gasteiger partial charge < -0.3 is 15.7 Å². The molecular formula is C10H12ClFN2OS. The molecular weight excluding hydrogens is 251 g/mol. The molecule has 0 unspecified atom stereocenters. The summed E-state index contributed by atoms with van der Waals surface area (Å²) in [6.45, 7) is 1.99. The van der Waals surface area contributed by atoms with E-state index in [0.29, 0.717) is 17.3 Å². The van der Waals surface area contributed by atoms with Crippen LogP contribution in [0, 0.1) is 5.82 Å². The second kappa shape index (κ2) is 5.98. The molecule has 0 radical (unpaired) electrons. The average Bonchev–Trinajstić information content (AvgIpc) is 2.21. The van der Waals surface area contributed by atoms with Gasteiger partial charge in [-0.15, -0.1) is 0 Å². The van der Waals surface area contributed by atoms with Crippen LogP contribution < -0.4 is 10.6 Å². The van der Waals surface area contributed by atoms with E-state index in [-0.39, 0.29) is 5.02 Å². The van der Waals surface area contributed by atoms with Gasteiger partial charge in [0.2, 0.25) is 0 Å². The molecule has 0 amide bonds. The van der Waals surface area contributed by atoms with Gasteiger partial charge in [-0.25, -0.2) is 4.39 Å². The van der Waals surface area contributed by atoms with Crippen LogP contribution in [-0.4, -0.2) is 22.9 Å². The summed E-state index contributed by atoms with van der Waals surface area (Å²) in [7, 11) is 0. The van der Waals surface area contributed by atoms with Crippen molar-refractivity contribution in [2.24, 2.45) is 0 Å². The van der Waals surface area contributed by atoms with Crippen LogP contribution in [0.25, 0.3) is 0 Å². The van der Waals surface area contributed by atoms with E-state index in [4.69, 9.17) is 28.9 Å². The predicted molar refractivity (Wildman–Crippen MR) is 67.3 cm³/mol. The largest absolute Gasteiger partial charge is 0.392 e. The quantitative estimate of drug-likeness (QED) is 0.731. The van der Waals surface area contributed by atoms with Crippen molar-refractivity contribution in [2.75, 3.05) is 11.9 Å². The van der Waals surface area contributed by atoms with Gasteiger partial charge in [0.15, 0.2) is 5.11 Å². The van der Waals surface area contributed by atoms with Crippen molar-refractivity contribution in [3.8, 4) is 0 Å². The average molecular weight is 263 g/mol. The Morgan fingerprint density at radius 3 is 2.88 bits per heavy atom. The van der Waals surface area contributed by atoms with E-state index in [9.17, 15) is 4.39 Å². The van der Waals surface area contributed by atoms with Crippen molar-refractivity contribution in [3.05, 3.63) is 29.0 Å². The maximum absolute atomic E-state index is 12.8. The number of aliphatic hydroxyl groups excluding tert-OH is 1. The van der Waals surface area contributed by atoms with Crippen molar-refractivity contribution < 1.29 is 9.50 Å². The Bertz CT molecular complexity index is 387. The van der Waals surface area contributed by atoms with Gasteiger partial charge in [0, 0.05) is 12.2 Å². The first-order valence-corrected chi connectivity index (χ1v) is 5.45. The summed E-state index contributed by atoms with van der Waals surface area (Å²) in [4.78, 5) is 0. The number of thiocarbonyl (C=S) groups is 1. The van der Waals surface area contributed by atoms with Crippen LogP contribution in [0.2, 0.25) is 5.02 Å². The number of hydrogen-bond acceptors (Lipinski definition) is 2. The summed E-state index contributed by atoms with van der Waals surface area (Å²) < 4.78 is 12.8. The topological polar surface area (TPSA) is 44.3 Å². The molecule has 0 aliphatic heterocycles. The first-order valence-electron chi connectivity index (χ1n) is 4.67. The molecule has 0 bridgehead atoms. The predicted octanol–water partition coefficient (Wildman–Crippen LogP) is 2.15. The van der Waals surface area contributed by atoms with Gasteiger partial charge in [-0.3, -0.25) is 0 Å². The lowest BCUT2D eigenvalue weighted by Gasteiger charge is -2.11. The van der Waals surface area contributed by atoms with Gasteiger partial charge in [0.1, 0.15) is 5.82 Å². The Balaban J connectivity index is 2.53. The van der Waals surface area contributed by atoms with Crippen molar-refractivity contribution >= 4 is 34.6 Å². The lowest BCUT2D eigenvalue weighted by Crippen LogP contribution is -2.33. The van der Waals surface area contributed by atoms with E-state index >= 15 is 0 Å². The second-order valence-corrected chi connectivity index (χ2v) is 4.13. The highest BCUT2D eigenvalue weighted by atomic mass is 35.5. The number of hydrogen-bond donors (Lipinski definition) is 3. The molecule has 0 spiro atoms. The summed E-state index contributed by atoms with van der Waals surface area (Å²) in [6.07, 6.45) is -0.489. The first-order chi connectivity index (χ1) is 7.49. The Morgan fingerprint density at radius 2 is 2.31 bits per heavy atom. The molecule has 1 aromatic carbocycles. The second-order valence-electron chi connectivity index (χ2n) is 3.31. The summed E-state index contributed by atoms with van der Waals surface area (Å²) in [6, 6.07) is 4.22. The van der Waals surface area contributed by atoms with Crippen LogP contribution in [0.3, 0.4) is 0 Å². The van der Waals surface area contributed by atoms with Gasteiger partial charge in [-0.2, -0.15) is 0 Å². The molecule has 0 fully saturated rings. The summed E-state index contributed by atoms with van der Waals surface area (Å²) in [5.41, 5.74) is 0.592. The lowest BCUT2D eigenvalue weighted by molar-refractivity contribution is 0.198. The van der Waals surface area contributed by atoms with Crippen LogP contribution >= 0.6 is 23.8 Å². The van der Waals surface area contributed by atoms with Gasteiger partial charge >= 0.3 is 0 Å². The SMILES string of the molecule is C[C@@H](O)CNC(=S)Nc1ccc(F)c(Cl)c1. The van der Waals surface area contributed by atoms with E-state index in [2.05, 4.69) is 10.6 Å². The maximum atomic E-state index is 12.8. The van der Waals surface area contributed by atoms with Gasteiger partial charge in [0.05, 0.1) is 11.1 Å². The molecule has 0 saturated heterocycles. The third-order valence-electron chi connectivity index (χ3n) is 1.74. The molecule has 1 atom stereocenters. The number of rotatable bonds is 3. The highest BCUT2D eigenvalue weighted by Gasteiger charge is 2.03. The molecule has 0 aliphatic carbocycles. The summed E-state index contributed by atoms with van der Waals surface area (Å²) in [5.74, 6) is -0.477. The molecule has 0 aromatic heterocycles. The third-order valence-corrected chi connectivity index (χ3v) is 2.27. The zero-order valence-electron chi connectivity index (χ0n) is 8.63. The fourth-order valence-electron chi connectivity index (χ4n) is 0.990. The smallest absolute Gasteiger partial charge is 0.170 e. The van der Waals surface area contributed by atoms with E-state index < -0.39 is 11.9 Å². The number of anilines is 1. The minimum Gasteiger partial charge on any atom is -0.392 e. The molecule has 3 N–H and O–H groups in total. The summed E-state index contributed by atoms with van der Waals surface area (Å²) in [5, 5.41) is 15.0. The molecule has 88 valence electrons. The van der Waals surface area contributed by atoms with Crippen molar-refractivity contribution in [3.63, 3.8) is 0 Å². The highest BCUT2D eigenvalue weighted by molar-refractivity contribution is 7.80. The minimum absolute atomic E-state index is 0.0309. The van der Waals surface area contributed by atoms with Crippen molar-refractivity contribution in [2.45, 2.75) is 13.0 Å². The van der Waals surface area contributed by atoms with Crippen LogP contribution in [0.5, 0.6) is 0 Å². The number of aliphatic hydroxyl groups is 1. The normalized spacial score (nSPS) is 12.0. The van der Waals surface area contributed by atoms with Gasteiger partial charge in [-0.05, 0) is 37.3 Å². The Hall–Kier alpha value is -0.910. The highest BCUT2D eigenvalue weighted by Crippen LogP contribution is 2.19. The zero-order valence-corrected chi connectivity index (χ0v) is 10.2. The zero-order chi connectivity index (χ0) is 12.1. The van der Waals surface area contributed by atoms with E-state index in [1.165, 1.54) is 18.2 Å². The molecule has 0 heterocycles. The van der Waals surface area contributed by atoms with E-state index in [0.717, 1.165) is 0 Å². The fourth-order valence-corrected chi connectivity index (χ4v) is 1.37. The summed E-state index contributed by atoms with van der Waals surface area (Å²) >= 11 is 10.6. The van der Waals surface area contributed by atoms with Crippen LogP contribution in [0.4, 0.5) is 10.1 Å². The lowest BCUT2D eigenvalue weighted by atomic mass is 10.3. The molecule has 1 aromatic rings. The fraction of sp³-hybridized carbons (Fsp3) is 0.300. The first kappa shape index (κ1) is 13.2. The van der Waals surface area contributed by atoms with E-state index in [1.807, 2.05) is 0 Å². The Kier molecular flexibility index (Phi) is 4.92. The van der Waals surface area contributed by atoms with E-state index in [1.54, 1.807) is 6.92 Å². The van der Waals surface area contributed by atoms with Gasteiger partial charge in [-0.1, -0.05) is 11.6 Å². The molecule has 1 rings (SSSR count). The number of halogens is 2. The number of nitrogens with one attached hydrogen (secondary N) is 2. The molecule has 3 nitrogen and oxygen atoms in total. The van der Waals surface area contributed by atoms with Crippen LogP contribution in [0.1, 0.15) is 6.92 Å². The molecule has 6 heteroatoms. The standard InChI is InChI=1S/C10H12ClFN2OS/c1-6(15)5-13-10(16)14-7-2-3-9(12)8(11)4-7/h2-4,6,15H,5H2,1H3,(H2,13,14,16)/t6-/m1/s1. The molecule has 0 saturated carbocycles. The van der Waals surface area contributed by atoms with Gasteiger partial charge in [0.25, 0.3) is 0 Å². The third kappa shape index (κ3) is 4.30. The molecule has 0 aliphatic rings. The molecule has 16 heavy (non-hydrogen) atoms. The Labute approximate surface area is 104 Å². The monoisotopic (exact) mass is 262 g/mol. The van der Waals surface area contributed by atoms with Crippen molar-refractivity contribution in [1.29, 1.82) is 0 Å². The minimum atomic E-state index is -0.489. The van der Waals surface area contributed by atoms with Crippen LogP contribution in [-0.2, 0) is 0 Å². The number of benzene rings is 1.